The van der Waals surface area contributed by atoms with Gasteiger partial charge in [-0.2, -0.15) is 0 Å². The normalized spacial score (nSPS) is 16.3. The van der Waals surface area contributed by atoms with Crippen LogP contribution < -0.4 is 27.4 Å². The van der Waals surface area contributed by atoms with Crippen LogP contribution in [0.2, 0.25) is 0 Å². The van der Waals surface area contributed by atoms with Crippen molar-refractivity contribution in [2.24, 2.45) is 5.73 Å². The molecule has 0 spiro atoms. The van der Waals surface area contributed by atoms with E-state index in [1.165, 1.54) is 0 Å². The second-order valence-corrected chi connectivity index (χ2v) is 7.27. The molecule has 0 aliphatic carbocycles. The molecule has 1 fully saturated rings. The summed E-state index contributed by atoms with van der Waals surface area (Å²) in [7, 11) is 0. The molecule has 1 saturated heterocycles. The zero-order valence-corrected chi connectivity index (χ0v) is 16.5. The lowest BCUT2D eigenvalue weighted by molar-refractivity contribution is 0.102. The van der Waals surface area contributed by atoms with E-state index in [2.05, 4.69) is 25.2 Å². The lowest BCUT2D eigenvalue weighted by atomic mass is 10.1. The predicted octanol–water partition coefficient (Wildman–Crippen LogP) is 1.88. The first-order valence-electron chi connectivity index (χ1n) is 9.76. The number of pyridine rings is 3. The molecule has 1 atom stereocenters. The summed E-state index contributed by atoms with van der Waals surface area (Å²) >= 11 is 0. The van der Waals surface area contributed by atoms with Crippen molar-refractivity contribution < 1.29 is 4.79 Å². The molecule has 154 valence electrons. The minimum Gasteiger partial charge on any atom is -0.397 e. The van der Waals surface area contributed by atoms with E-state index < -0.39 is 5.91 Å². The largest absolute Gasteiger partial charge is 0.397 e. The van der Waals surface area contributed by atoms with E-state index in [1.54, 1.807) is 42.9 Å². The number of hydrogen-bond acceptors (Lipinski definition) is 8. The maximum absolute atomic E-state index is 13.0. The maximum Gasteiger partial charge on any atom is 0.276 e. The van der Waals surface area contributed by atoms with Gasteiger partial charge in [0.2, 0.25) is 0 Å². The van der Waals surface area contributed by atoms with Gasteiger partial charge in [0, 0.05) is 31.5 Å². The van der Waals surface area contributed by atoms with Crippen LogP contribution in [0.4, 0.5) is 22.7 Å². The smallest absolute Gasteiger partial charge is 0.276 e. The van der Waals surface area contributed by atoms with Gasteiger partial charge in [0.05, 0.1) is 34.6 Å². The lowest BCUT2D eigenvalue weighted by Crippen LogP contribution is -2.43. The highest BCUT2D eigenvalue weighted by atomic mass is 16.1. The second-order valence-electron chi connectivity index (χ2n) is 7.27. The van der Waals surface area contributed by atoms with Crippen molar-refractivity contribution >= 4 is 28.7 Å². The Morgan fingerprint density at radius 3 is 2.80 bits per heavy atom. The van der Waals surface area contributed by atoms with Crippen molar-refractivity contribution in [3.05, 3.63) is 54.6 Å². The predicted molar refractivity (Wildman–Crippen MR) is 118 cm³/mol. The van der Waals surface area contributed by atoms with Crippen LogP contribution in [0.1, 0.15) is 23.3 Å². The van der Waals surface area contributed by atoms with E-state index in [4.69, 9.17) is 17.2 Å². The van der Waals surface area contributed by atoms with Crippen LogP contribution in [-0.4, -0.2) is 40.0 Å². The van der Waals surface area contributed by atoms with Gasteiger partial charge in [0.25, 0.3) is 5.91 Å². The number of piperidine rings is 1. The number of nitrogens with two attached hydrogens (primary N) is 3. The first-order chi connectivity index (χ1) is 14.5. The molecule has 0 radical (unpaired) electrons. The number of amides is 1. The summed E-state index contributed by atoms with van der Waals surface area (Å²) in [4.78, 5) is 28.0. The van der Waals surface area contributed by atoms with Gasteiger partial charge < -0.3 is 27.4 Å². The van der Waals surface area contributed by atoms with E-state index >= 15 is 0 Å². The summed E-state index contributed by atoms with van der Waals surface area (Å²) < 4.78 is 0. The first-order valence-corrected chi connectivity index (χ1v) is 9.76. The SMILES string of the molecule is Nc1ccc(-c2ncccc2N)nc1C(=O)Nc1cnccc1N1CCCC(N)C1. The van der Waals surface area contributed by atoms with Crippen LogP contribution in [0.5, 0.6) is 0 Å². The molecule has 1 amide bonds. The topological polar surface area (TPSA) is 149 Å². The molecule has 9 nitrogen and oxygen atoms in total. The zero-order valence-electron chi connectivity index (χ0n) is 16.5. The number of nitrogens with one attached hydrogen (secondary N) is 1. The molecule has 4 heterocycles. The Bertz CT molecular complexity index is 1070. The monoisotopic (exact) mass is 404 g/mol. The van der Waals surface area contributed by atoms with Gasteiger partial charge in [-0.15, -0.1) is 0 Å². The quantitative estimate of drug-likeness (QED) is 0.515. The molecule has 1 aliphatic heterocycles. The summed E-state index contributed by atoms with van der Waals surface area (Å²) in [6.07, 6.45) is 6.92. The highest BCUT2D eigenvalue weighted by molar-refractivity contribution is 6.08. The van der Waals surface area contributed by atoms with Crippen LogP contribution in [0.15, 0.2) is 48.9 Å². The number of rotatable bonds is 4. The molecule has 3 aromatic rings. The van der Waals surface area contributed by atoms with E-state index in [-0.39, 0.29) is 17.4 Å². The molecule has 1 unspecified atom stereocenters. The number of nitrogens with zero attached hydrogens (tertiary/aromatic N) is 4. The van der Waals surface area contributed by atoms with E-state index in [1.807, 2.05) is 6.07 Å². The van der Waals surface area contributed by atoms with Crippen molar-refractivity contribution in [2.45, 2.75) is 18.9 Å². The minimum absolute atomic E-state index is 0.0997. The fraction of sp³-hybridized carbons (Fsp3) is 0.238. The summed E-state index contributed by atoms with van der Waals surface area (Å²) in [6, 6.07) is 8.75. The van der Waals surface area contributed by atoms with Crippen molar-refractivity contribution in [1.82, 2.24) is 15.0 Å². The number of hydrogen-bond donors (Lipinski definition) is 4. The van der Waals surface area contributed by atoms with Gasteiger partial charge in [-0.1, -0.05) is 0 Å². The Hall–Kier alpha value is -3.72. The van der Waals surface area contributed by atoms with Gasteiger partial charge in [-0.3, -0.25) is 14.8 Å². The minimum atomic E-state index is -0.431. The average Bonchev–Trinajstić information content (AvgIpc) is 2.75. The van der Waals surface area contributed by atoms with Crippen molar-refractivity contribution in [3.8, 4) is 11.4 Å². The molecule has 3 aromatic heterocycles. The highest BCUT2D eigenvalue weighted by Gasteiger charge is 2.21. The highest BCUT2D eigenvalue weighted by Crippen LogP contribution is 2.29. The van der Waals surface area contributed by atoms with E-state index in [0.717, 1.165) is 31.6 Å². The Balaban J connectivity index is 1.62. The standard InChI is InChI=1S/C21H24N8O/c22-13-3-2-10-29(12-13)18-7-9-25-11-17(18)28-21(30)20-15(24)5-6-16(27-20)19-14(23)4-1-8-26-19/h1,4-9,11,13H,2-3,10,12,22-24H2,(H,28,30). The van der Waals surface area contributed by atoms with Gasteiger partial charge in [0.1, 0.15) is 5.69 Å². The van der Waals surface area contributed by atoms with Crippen molar-refractivity contribution in [2.75, 3.05) is 34.8 Å². The first kappa shape index (κ1) is 19.6. The number of carbonyl (C=O) groups is 1. The lowest BCUT2D eigenvalue weighted by Gasteiger charge is -2.33. The Morgan fingerprint density at radius 1 is 1.13 bits per heavy atom. The molecule has 1 aliphatic rings. The fourth-order valence-electron chi connectivity index (χ4n) is 3.58. The summed E-state index contributed by atoms with van der Waals surface area (Å²) in [5.74, 6) is -0.431. The van der Waals surface area contributed by atoms with Crippen LogP contribution >= 0.6 is 0 Å². The molecular formula is C21H24N8O. The summed E-state index contributed by atoms with van der Waals surface area (Å²) in [5.41, 5.74) is 21.4. The summed E-state index contributed by atoms with van der Waals surface area (Å²) in [6.45, 7) is 1.59. The Labute approximate surface area is 174 Å². The molecular weight excluding hydrogens is 380 g/mol. The molecule has 0 aromatic carbocycles. The van der Waals surface area contributed by atoms with Gasteiger partial charge >= 0.3 is 0 Å². The number of anilines is 4. The van der Waals surface area contributed by atoms with Crippen LogP contribution in [0.25, 0.3) is 11.4 Å². The molecule has 30 heavy (non-hydrogen) atoms. The van der Waals surface area contributed by atoms with Gasteiger partial charge in [0.15, 0.2) is 5.69 Å². The average molecular weight is 404 g/mol. The second kappa shape index (κ2) is 8.34. The van der Waals surface area contributed by atoms with Crippen molar-refractivity contribution in [3.63, 3.8) is 0 Å². The Kier molecular flexibility index (Phi) is 5.44. The van der Waals surface area contributed by atoms with Crippen molar-refractivity contribution in [1.29, 1.82) is 0 Å². The summed E-state index contributed by atoms with van der Waals surface area (Å²) in [5, 5.41) is 2.90. The van der Waals surface area contributed by atoms with Crippen LogP contribution in [0.3, 0.4) is 0 Å². The molecule has 7 N–H and O–H groups in total. The molecule has 0 saturated carbocycles. The Morgan fingerprint density at radius 2 is 2.00 bits per heavy atom. The van der Waals surface area contributed by atoms with E-state index in [9.17, 15) is 4.79 Å². The third-order valence-electron chi connectivity index (χ3n) is 5.07. The maximum atomic E-state index is 13.0. The van der Waals surface area contributed by atoms with Crippen LogP contribution in [-0.2, 0) is 0 Å². The number of nitrogen functional groups attached to an aromatic ring is 2. The molecule has 9 heteroatoms. The molecule has 4 rings (SSSR count). The number of aromatic nitrogens is 3. The number of carbonyl (C=O) groups excluding carboxylic acids is 1. The van der Waals surface area contributed by atoms with Crippen LogP contribution in [0, 0.1) is 0 Å². The third-order valence-corrected chi connectivity index (χ3v) is 5.07. The zero-order chi connectivity index (χ0) is 21.1. The third kappa shape index (κ3) is 4.01. The van der Waals surface area contributed by atoms with Gasteiger partial charge in [-0.05, 0) is 43.2 Å². The fourth-order valence-corrected chi connectivity index (χ4v) is 3.58. The molecule has 0 bridgehead atoms. The van der Waals surface area contributed by atoms with Gasteiger partial charge in [-0.25, -0.2) is 4.98 Å². The van der Waals surface area contributed by atoms with E-state index in [0.29, 0.717) is 22.8 Å².